The second kappa shape index (κ2) is 5.27. The van der Waals surface area contributed by atoms with Crippen LogP contribution in [0.4, 0.5) is 13.2 Å². The van der Waals surface area contributed by atoms with Crippen molar-refractivity contribution in [3.05, 3.63) is 16.4 Å². The molecule has 0 bridgehead atoms. The third kappa shape index (κ3) is 3.00. The van der Waals surface area contributed by atoms with Crippen molar-refractivity contribution in [2.75, 3.05) is 20.2 Å². The molecule has 1 aromatic rings. The summed E-state index contributed by atoms with van der Waals surface area (Å²) >= 11 is 0. The highest BCUT2D eigenvalue weighted by Crippen LogP contribution is 2.25. The Morgan fingerprint density at radius 2 is 2.15 bits per heavy atom. The van der Waals surface area contributed by atoms with Crippen molar-refractivity contribution in [2.45, 2.75) is 25.2 Å². The van der Waals surface area contributed by atoms with Crippen molar-refractivity contribution in [2.24, 2.45) is 0 Å². The number of likely N-dealkylation sites (tertiary alicyclic amines) is 1. The number of amides is 1. The van der Waals surface area contributed by atoms with Crippen molar-refractivity contribution in [3.63, 3.8) is 0 Å². The number of hydrogen-bond donors (Lipinski definition) is 0. The van der Waals surface area contributed by atoms with Gasteiger partial charge in [-0.15, -0.1) is 5.10 Å². The molecule has 0 saturated carbocycles. The van der Waals surface area contributed by atoms with Crippen molar-refractivity contribution in [1.82, 2.24) is 14.7 Å². The van der Waals surface area contributed by atoms with Crippen molar-refractivity contribution < 1.29 is 27.1 Å². The van der Waals surface area contributed by atoms with Gasteiger partial charge in [-0.3, -0.25) is 4.79 Å². The molecule has 0 spiro atoms. The van der Waals surface area contributed by atoms with Gasteiger partial charge in [-0.05, 0) is 6.42 Å². The van der Waals surface area contributed by atoms with Crippen LogP contribution in [0.3, 0.4) is 0 Å². The van der Waals surface area contributed by atoms with Crippen molar-refractivity contribution in [3.8, 4) is 0 Å². The van der Waals surface area contributed by atoms with Crippen LogP contribution in [-0.2, 0) is 16.1 Å². The molecule has 1 unspecified atom stereocenters. The lowest BCUT2D eigenvalue weighted by atomic mass is 10.2. The standard InChI is InChI=1S/C10H12F3N3O4/c1-19-4-7-14-16(9(18)20-7)6-2-3-15(8(6)17)5-10(11,12)13/h6H,2-5H2,1H3. The van der Waals surface area contributed by atoms with E-state index in [0.717, 1.165) is 4.68 Å². The van der Waals surface area contributed by atoms with Crippen LogP contribution in [0.25, 0.3) is 0 Å². The van der Waals surface area contributed by atoms with E-state index in [9.17, 15) is 22.8 Å². The minimum Gasteiger partial charge on any atom is -0.390 e. The number of methoxy groups -OCH3 is 1. The van der Waals surface area contributed by atoms with Crippen molar-refractivity contribution >= 4 is 5.91 Å². The van der Waals surface area contributed by atoms with E-state index in [0.29, 0.717) is 4.90 Å². The number of alkyl halides is 3. The molecule has 1 saturated heterocycles. The molecule has 20 heavy (non-hydrogen) atoms. The van der Waals surface area contributed by atoms with Crippen LogP contribution >= 0.6 is 0 Å². The molecule has 1 atom stereocenters. The van der Waals surface area contributed by atoms with Gasteiger partial charge in [0.15, 0.2) is 0 Å². The SMILES string of the molecule is COCc1nn(C2CCN(CC(F)(F)F)C2=O)c(=O)o1. The lowest BCUT2D eigenvalue weighted by Crippen LogP contribution is -2.37. The average Bonchev–Trinajstić information content (AvgIpc) is 2.83. The maximum atomic E-state index is 12.3. The molecular weight excluding hydrogens is 283 g/mol. The fourth-order valence-corrected chi connectivity index (χ4v) is 2.03. The van der Waals surface area contributed by atoms with Crippen LogP contribution in [-0.4, -0.2) is 47.0 Å². The van der Waals surface area contributed by atoms with Crippen LogP contribution in [0.2, 0.25) is 0 Å². The molecule has 0 radical (unpaired) electrons. The molecule has 112 valence electrons. The summed E-state index contributed by atoms with van der Waals surface area (Å²) < 4.78 is 47.1. The zero-order valence-electron chi connectivity index (χ0n) is 10.5. The first-order valence-corrected chi connectivity index (χ1v) is 5.75. The van der Waals surface area contributed by atoms with Gasteiger partial charge in [0.25, 0.3) is 0 Å². The Labute approximate surface area is 110 Å². The summed E-state index contributed by atoms with van der Waals surface area (Å²) in [6, 6.07) is -1.06. The topological polar surface area (TPSA) is 77.6 Å². The van der Waals surface area contributed by atoms with Gasteiger partial charge < -0.3 is 14.1 Å². The molecule has 1 aromatic heterocycles. The highest BCUT2D eigenvalue weighted by molar-refractivity contribution is 5.82. The Kier molecular flexibility index (Phi) is 3.84. The average molecular weight is 295 g/mol. The normalized spacial score (nSPS) is 19.9. The van der Waals surface area contributed by atoms with Gasteiger partial charge in [0, 0.05) is 13.7 Å². The number of nitrogens with zero attached hydrogens (tertiary/aromatic N) is 3. The molecule has 10 heteroatoms. The van der Waals surface area contributed by atoms with Gasteiger partial charge in [0.2, 0.25) is 11.8 Å². The summed E-state index contributed by atoms with van der Waals surface area (Å²) in [5, 5.41) is 3.75. The summed E-state index contributed by atoms with van der Waals surface area (Å²) in [7, 11) is 1.37. The molecule has 1 fully saturated rings. The summed E-state index contributed by atoms with van der Waals surface area (Å²) in [4.78, 5) is 24.0. The monoisotopic (exact) mass is 295 g/mol. The third-order valence-corrected chi connectivity index (χ3v) is 2.81. The highest BCUT2D eigenvalue weighted by Gasteiger charge is 2.41. The second-order valence-electron chi connectivity index (χ2n) is 4.32. The number of aromatic nitrogens is 2. The Hall–Kier alpha value is -1.84. The zero-order valence-corrected chi connectivity index (χ0v) is 10.5. The third-order valence-electron chi connectivity index (χ3n) is 2.81. The van der Waals surface area contributed by atoms with Gasteiger partial charge in [-0.1, -0.05) is 0 Å². The number of hydrogen-bond acceptors (Lipinski definition) is 5. The Bertz CT molecular complexity index is 551. The first-order valence-electron chi connectivity index (χ1n) is 5.75. The largest absolute Gasteiger partial charge is 0.437 e. The lowest BCUT2D eigenvalue weighted by Gasteiger charge is -2.17. The molecule has 0 aromatic carbocycles. The molecule has 1 aliphatic rings. The quantitative estimate of drug-likeness (QED) is 0.799. The summed E-state index contributed by atoms with van der Waals surface area (Å²) in [5.74, 6) is -1.70. The maximum absolute atomic E-state index is 12.3. The zero-order chi connectivity index (χ0) is 14.9. The Morgan fingerprint density at radius 3 is 2.75 bits per heavy atom. The maximum Gasteiger partial charge on any atom is 0.437 e. The Morgan fingerprint density at radius 1 is 1.45 bits per heavy atom. The smallest absolute Gasteiger partial charge is 0.390 e. The molecule has 7 nitrogen and oxygen atoms in total. The summed E-state index contributed by atoms with van der Waals surface area (Å²) in [6.07, 6.45) is -4.39. The number of carbonyl (C=O) groups is 1. The number of ether oxygens (including phenoxy) is 1. The Balaban J connectivity index is 2.15. The van der Waals surface area contributed by atoms with E-state index in [1.807, 2.05) is 0 Å². The first kappa shape index (κ1) is 14.6. The molecule has 0 aliphatic carbocycles. The minimum atomic E-state index is -4.47. The summed E-state index contributed by atoms with van der Waals surface area (Å²) in [5.41, 5.74) is 0. The van der Waals surface area contributed by atoms with Gasteiger partial charge >= 0.3 is 11.9 Å². The lowest BCUT2D eigenvalue weighted by molar-refractivity contribution is -0.158. The van der Waals surface area contributed by atoms with Crippen LogP contribution < -0.4 is 5.76 Å². The van der Waals surface area contributed by atoms with E-state index in [1.165, 1.54) is 7.11 Å². The number of rotatable bonds is 4. The van der Waals surface area contributed by atoms with Crippen LogP contribution in [0.5, 0.6) is 0 Å². The van der Waals surface area contributed by atoms with Gasteiger partial charge in [-0.25, -0.2) is 4.79 Å². The number of halogens is 3. The fourth-order valence-electron chi connectivity index (χ4n) is 2.03. The van der Waals surface area contributed by atoms with E-state index in [-0.39, 0.29) is 25.5 Å². The van der Waals surface area contributed by atoms with E-state index in [2.05, 4.69) is 5.10 Å². The molecule has 1 amide bonds. The van der Waals surface area contributed by atoms with E-state index >= 15 is 0 Å². The minimum absolute atomic E-state index is 0.0282. The van der Waals surface area contributed by atoms with E-state index in [4.69, 9.17) is 9.15 Å². The van der Waals surface area contributed by atoms with Crippen LogP contribution in [0.15, 0.2) is 9.21 Å². The fraction of sp³-hybridized carbons (Fsp3) is 0.700. The molecular formula is C10H12F3N3O4. The molecule has 1 aliphatic heterocycles. The highest BCUT2D eigenvalue weighted by atomic mass is 19.4. The predicted octanol–water partition coefficient (Wildman–Crippen LogP) is 0.318. The van der Waals surface area contributed by atoms with Crippen LogP contribution in [0, 0.1) is 0 Å². The van der Waals surface area contributed by atoms with Gasteiger partial charge in [0.1, 0.15) is 19.2 Å². The molecule has 0 N–H and O–H groups in total. The van der Waals surface area contributed by atoms with Crippen molar-refractivity contribution in [1.29, 1.82) is 0 Å². The van der Waals surface area contributed by atoms with E-state index < -0.39 is 30.4 Å². The molecule has 2 rings (SSSR count). The van der Waals surface area contributed by atoms with Gasteiger partial charge in [-0.2, -0.15) is 17.9 Å². The first-order chi connectivity index (χ1) is 9.31. The predicted molar refractivity (Wildman–Crippen MR) is 57.8 cm³/mol. The van der Waals surface area contributed by atoms with E-state index in [1.54, 1.807) is 0 Å². The van der Waals surface area contributed by atoms with Gasteiger partial charge in [0.05, 0.1) is 0 Å². The number of carbonyl (C=O) groups excluding carboxylic acids is 1. The summed E-state index contributed by atoms with van der Waals surface area (Å²) in [6.45, 7) is -1.47. The van der Waals surface area contributed by atoms with Crippen LogP contribution in [0.1, 0.15) is 18.4 Å². The second-order valence-corrected chi connectivity index (χ2v) is 4.32. The molecule has 2 heterocycles.